The number of benzene rings is 1. The Morgan fingerprint density at radius 1 is 1.36 bits per heavy atom. The summed E-state index contributed by atoms with van der Waals surface area (Å²) in [5.74, 6) is 1.06. The molecular formula is C15H22Cl2N4O. The van der Waals surface area contributed by atoms with Crippen LogP contribution in [0.5, 0.6) is 0 Å². The maximum absolute atomic E-state index is 12.5. The largest absolute Gasteiger partial charge is 0.336 e. The average molecular weight is 345 g/mol. The molecule has 1 aromatic heterocycles. The van der Waals surface area contributed by atoms with Crippen LogP contribution < -0.4 is 5.32 Å². The lowest BCUT2D eigenvalue weighted by molar-refractivity contribution is -0.134. The van der Waals surface area contributed by atoms with E-state index in [1.165, 1.54) is 0 Å². The van der Waals surface area contributed by atoms with E-state index in [0.29, 0.717) is 6.54 Å². The maximum atomic E-state index is 12.5. The van der Waals surface area contributed by atoms with E-state index in [2.05, 4.69) is 17.2 Å². The first kappa shape index (κ1) is 18.7. The molecule has 1 aliphatic rings. The molecule has 1 aliphatic heterocycles. The molecule has 1 saturated heterocycles. The molecule has 0 spiro atoms. The molecule has 1 amide bonds. The number of carbonyl (C=O) groups excluding carboxylic acids is 1. The van der Waals surface area contributed by atoms with E-state index in [9.17, 15) is 4.79 Å². The van der Waals surface area contributed by atoms with Crippen molar-refractivity contribution in [2.45, 2.75) is 26.4 Å². The van der Waals surface area contributed by atoms with Crippen molar-refractivity contribution in [1.82, 2.24) is 19.8 Å². The molecule has 3 rings (SSSR count). The number of rotatable bonds is 2. The number of amides is 1. The number of halogens is 2. The van der Waals surface area contributed by atoms with Crippen molar-refractivity contribution in [2.24, 2.45) is 0 Å². The molecule has 5 nitrogen and oxygen atoms in total. The van der Waals surface area contributed by atoms with Crippen molar-refractivity contribution in [1.29, 1.82) is 0 Å². The van der Waals surface area contributed by atoms with Gasteiger partial charge in [0.05, 0.1) is 11.0 Å². The predicted molar refractivity (Wildman–Crippen MR) is 93.0 cm³/mol. The third kappa shape index (κ3) is 3.54. The Bertz CT molecular complexity index is 644. The van der Waals surface area contributed by atoms with Crippen LogP contribution in [0.25, 0.3) is 11.0 Å². The van der Waals surface area contributed by atoms with E-state index in [1.807, 2.05) is 40.7 Å². The van der Waals surface area contributed by atoms with E-state index in [4.69, 9.17) is 0 Å². The number of para-hydroxylation sites is 2. The van der Waals surface area contributed by atoms with Gasteiger partial charge in [0.25, 0.3) is 0 Å². The summed E-state index contributed by atoms with van der Waals surface area (Å²) in [6, 6.07) is 8.21. The molecule has 1 aromatic carbocycles. The Morgan fingerprint density at radius 3 is 2.82 bits per heavy atom. The second kappa shape index (κ2) is 7.81. The molecule has 1 unspecified atom stereocenters. The van der Waals surface area contributed by atoms with Crippen molar-refractivity contribution in [3.05, 3.63) is 30.1 Å². The van der Waals surface area contributed by atoms with E-state index < -0.39 is 0 Å². The molecule has 7 heteroatoms. The van der Waals surface area contributed by atoms with Gasteiger partial charge in [0.1, 0.15) is 12.4 Å². The van der Waals surface area contributed by atoms with E-state index in [-0.39, 0.29) is 36.8 Å². The van der Waals surface area contributed by atoms with Gasteiger partial charge in [0, 0.05) is 25.7 Å². The predicted octanol–water partition coefficient (Wildman–Crippen LogP) is 2.01. The summed E-state index contributed by atoms with van der Waals surface area (Å²) >= 11 is 0. The summed E-state index contributed by atoms with van der Waals surface area (Å²) in [6.07, 6.45) is 0. The minimum atomic E-state index is 0. The van der Waals surface area contributed by atoms with Crippen LogP contribution in [0.4, 0.5) is 0 Å². The Hall–Kier alpha value is -1.30. The number of imidazole rings is 1. The summed E-state index contributed by atoms with van der Waals surface area (Å²) in [6.45, 7) is 6.94. The summed E-state index contributed by atoms with van der Waals surface area (Å²) in [7, 11) is 0. The van der Waals surface area contributed by atoms with Crippen molar-refractivity contribution >= 4 is 41.8 Å². The van der Waals surface area contributed by atoms with Gasteiger partial charge in [-0.05, 0) is 26.0 Å². The number of fused-ring (bicyclic) bond motifs is 1. The number of aromatic nitrogens is 2. The van der Waals surface area contributed by atoms with Gasteiger partial charge in [-0.1, -0.05) is 12.1 Å². The topological polar surface area (TPSA) is 50.2 Å². The molecule has 0 radical (unpaired) electrons. The molecular weight excluding hydrogens is 323 g/mol. The number of nitrogens with zero attached hydrogens (tertiary/aromatic N) is 3. The standard InChI is InChI=1S/C15H20N4O.2ClH/c1-11-9-16-7-8-18(11)15(20)10-19-12(2)17-13-5-3-4-6-14(13)19;;/h3-6,11,16H,7-10H2,1-2H3;2*1H. The van der Waals surface area contributed by atoms with Crippen LogP contribution >= 0.6 is 24.8 Å². The smallest absolute Gasteiger partial charge is 0.242 e. The Labute approximate surface area is 142 Å². The highest BCUT2D eigenvalue weighted by atomic mass is 35.5. The molecule has 22 heavy (non-hydrogen) atoms. The van der Waals surface area contributed by atoms with E-state index in [1.54, 1.807) is 0 Å². The lowest BCUT2D eigenvalue weighted by Crippen LogP contribution is -2.53. The molecule has 2 aromatic rings. The van der Waals surface area contributed by atoms with Crippen LogP contribution in [0.1, 0.15) is 12.7 Å². The molecule has 1 N–H and O–H groups in total. The fraction of sp³-hybridized carbons (Fsp3) is 0.467. The lowest BCUT2D eigenvalue weighted by Gasteiger charge is -2.34. The molecule has 122 valence electrons. The highest BCUT2D eigenvalue weighted by Gasteiger charge is 2.23. The average Bonchev–Trinajstić information content (AvgIpc) is 2.76. The summed E-state index contributed by atoms with van der Waals surface area (Å²) in [5, 5.41) is 3.31. The third-order valence-corrected chi connectivity index (χ3v) is 3.96. The van der Waals surface area contributed by atoms with Gasteiger partial charge in [-0.3, -0.25) is 4.79 Å². The van der Waals surface area contributed by atoms with Crippen LogP contribution in [-0.2, 0) is 11.3 Å². The van der Waals surface area contributed by atoms with Crippen molar-refractivity contribution in [3.8, 4) is 0 Å². The number of carbonyl (C=O) groups is 1. The highest BCUT2D eigenvalue weighted by molar-refractivity contribution is 5.85. The van der Waals surface area contributed by atoms with Gasteiger partial charge in [-0.25, -0.2) is 4.98 Å². The van der Waals surface area contributed by atoms with Gasteiger partial charge in [-0.15, -0.1) is 24.8 Å². The third-order valence-electron chi connectivity index (χ3n) is 3.96. The van der Waals surface area contributed by atoms with E-state index in [0.717, 1.165) is 36.5 Å². The zero-order chi connectivity index (χ0) is 14.1. The number of nitrogens with one attached hydrogen (secondary N) is 1. The SMILES string of the molecule is Cc1nc2ccccc2n1CC(=O)N1CCNCC1C.Cl.Cl. The van der Waals surface area contributed by atoms with Gasteiger partial charge < -0.3 is 14.8 Å². The summed E-state index contributed by atoms with van der Waals surface area (Å²) in [4.78, 5) is 19.0. The number of hydrogen-bond acceptors (Lipinski definition) is 3. The van der Waals surface area contributed by atoms with Gasteiger partial charge in [0.2, 0.25) is 5.91 Å². The minimum Gasteiger partial charge on any atom is -0.336 e. The Morgan fingerprint density at radius 2 is 2.09 bits per heavy atom. The fourth-order valence-electron chi connectivity index (χ4n) is 2.83. The van der Waals surface area contributed by atoms with Crippen LogP contribution in [-0.4, -0.2) is 46.0 Å². The van der Waals surface area contributed by atoms with Crippen LogP contribution in [0.15, 0.2) is 24.3 Å². The number of hydrogen-bond donors (Lipinski definition) is 1. The summed E-state index contributed by atoms with van der Waals surface area (Å²) < 4.78 is 2.01. The fourth-order valence-corrected chi connectivity index (χ4v) is 2.83. The second-order valence-electron chi connectivity index (χ2n) is 5.37. The first-order valence-corrected chi connectivity index (χ1v) is 7.09. The quantitative estimate of drug-likeness (QED) is 0.906. The Balaban J connectivity index is 0.00000121. The van der Waals surface area contributed by atoms with Crippen molar-refractivity contribution in [3.63, 3.8) is 0 Å². The zero-order valence-corrected chi connectivity index (χ0v) is 14.4. The molecule has 1 atom stereocenters. The number of aryl methyl sites for hydroxylation is 1. The maximum Gasteiger partial charge on any atom is 0.242 e. The van der Waals surface area contributed by atoms with Gasteiger partial charge in [0.15, 0.2) is 0 Å². The Kier molecular flexibility index (Phi) is 6.66. The monoisotopic (exact) mass is 344 g/mol. The van der Waals surface area contributed by atoms with Crippen LogP contribution in [0, 0.1) is 6.92 Å². The zero-order valence-electron chi connectivity index (χ0n) is 12.8. The van der Waals surface area contributed by atoms with Crippen LogP contribution in [0.3, 0.4) is 0 Å². The second-order valence-corrected chi connectivity index (χ2v) is 5.37. The molecule has 0 bridgehead atoms. The highest BCUT2D eigenvalue weighted by Crippen LogP contribution is 2.16. The van der Waals surface area contributed by atoms with Crippen molar-refractivity contribution < 1.29 is 4.79 Å². The van der Waals surface area contributed by atoms with Crippen molar-refractivity contribution in [2.75, 3.05) is 19.6 Å². The normalized spacial score (nSPS) is 17.7. The minimum absolute atomic E-state index is 0. The van der Waals surface area contributed by atoms with Crippen LogP contribution in [0.2, 0.25) is 0 Å². The number of piperazine rings is 1. The van der Waals surface area contributed by atoms with Gasteiger partial charge >= 0.3 is 0 Å². The molecule has 0 saturated carbocycles. The molecule has 2 heterocycles. The first-order chi connectivity index (χ1) is 9.66. The summed E-state index contributed by atoms with van der Waals surface area (Å²) in [5.41, 5.74) is 1.98. The first-order valence-electron chi connectivity index (χ1n) is 7.09. The molecule has 1 fully saturated rings. The van der Waals surface area contributed by atoms with Gasteiger partial charge in [-0.2, -0.15) is 0 Å². The molecule has 0 aliphatic carbocycles. The lowest BCUT2D eigenvalue weighted by atomic mass is 10.2. The van der Waals surface area contributed by atoms with E-state index >= 15 is 0 Å².